The maximum atomic E-state index is 10.1. The molecule has 1 aliphatic heterocycles. The van der Waals surface area contributed by atoms with Crippen LogP contribution >= 0.6 is 0 Å². The number of benzene rings is 1. The van der Waals surface area contributed by atoms with Crippen LogP contribution in [0.2, 0.25) is 0 Å². The Balaban J connectivity index is 1.99. The third-order valence-electron chi connectivity index (χ3n) is 3.09. The zero-order valence-electron chi connectivity index (χ0n) is 9.10. The molecular weight excluding hydrogens is 208 g/mol. The number of methoxy groups -OCH3 is 1. The Labute approximate surface area is 93.7 Å². The number of aliphatic hydroxyl groups is 1. The molecule has 3 rings (SSSR count). The molecule has 0 bridgehead atoms. The lowest BCUT2D eigenvalue weighted by molar-refractivity contribution is 0.153. The molecule has 1 atom stereocenters. The summed E-state index contributed by atoms with van der Waals surface area (Å²) in [6.45, 7) is 0.217. The molecule has 0 aromatic heterocycles. The minimum absolute atomic E-state index is 0.217. The molecule has 1 aromatic carbocycles. The molecule has 0 amide bonds. The van der Waals surface area contributed by atoms with Crippen LogP contribution in [0.4, 0.5) is 0 Å². The van der Waals surface area contributed by atoms with E-state index in [2.05, 4.69) is 0 Å². The topological polar surface area (TPSA) is 47.9 Å². The summed E-state index contributed by atoms with van der Waals surface area (Å²) >= 11 is 0. The van der Waals surface area contributed by atoms with Crippen LogP contribution in [0, 0.1) is 5.92 Å². The summed E-state index contributed by atoms with van der Waals surface area (Å²) in [6, 6.07) is 3.67. The zero-order chi connectivity index (χ0) is 11.1. The Bertz CT molecular complexity index is 412. The van der Waals surface area contributed by atoms with Crippen molar-refractivity contribution in [2.75, 3.05) is 13.9 Å². The predicted molar refractivity (Wildman–Crippen MR) is 56.8 cm³/mol. The fraction of sp³-hybridized carbons (Fsp3) is 0.500. The van der Waals surface area contributed by atoms with Gasteiger partial charge in [0.25, 0.3) is 0 Å². The van der Waals surface area contributed by atoms with E-state index in [1.54, 1.807) is 7.11 Å². The highest BCUT2D eigenvalue weighted by Crippen LogP contribution is 2.47. The molecule has 1 heterocycles. The predicted octanol–water partition coefficient (Wildman–Crippen LogP) is 1.87. The molecule has 1 fully saturated rings. The van der Waals surface area contributed by atoms with E-state index in [0.717, 1.165) is 18.4 Å². The quantitative estimate of drug-likeness (QED) is 0.848. The SMILES string of the molecule is COc1cc(C(O)C2CC2)cc2c1OCO2. The molecule has 0 radical (unpaired) electrons. The molecule has 2 aliphatic rings. The molecule has 1 unspecified atom stereocenters. The summed E-state index contributed by atoms with van der Waals surface area (Å²) in [5.74, 6) is 2.32. The van der Waals surface area contributed by atoms with E-state index in [-0.39, 0.29) is 6.79 Å². The normalized spacial score (nSPS) is 19.6. The molecule has 0 spiro atoms. The van der Waals surface area contributed by atoms with Crippen LogP contribution in [0.25, 0.3) is 0 Å². The second-order valence-electron chi connectivity index (χ2n) is 4.24. The van der Waals surface area contributed by atoms with E-state index in [4.69, 9.17) is 14.2 Å². The minimum Gasteiger partial charge on any atom is -0.493 e. The molecule has 1 saturated carbocycles. The van der Waals surface area contributed by atoms with Gasteiger partial charge in [0.05, 0.1) is 13.2 Å². The Morgan fingerprint density at radius 1 is 1.38 bits per heavy atom. The van der Waals surface area contributed by atoms with Crippen molar-refractivity contribution in [3.63, 3.8) is 0 Å². The number of hydrogen-bond donors (Lipinski definition) is 1. The fourth-order valence-electron chi connectivity index (χ4n) is 2.00. The summed E-state index contributed by atoms with van der Waals surface area (Å²) in [5.41, 5.74) is 0.851. The van der Waals surface area contributed by atoms with Gasteiger partial charge in [-0.2, -0.15) is 0 Å². The number of ether oxygens (including phenoxy) is 3. The Hall–Kier alpha value is -1.42. The van der Waals surface area contributed by atoms with Gasteiger partial charge in [0, 0.05) is 0 Å². The van der Waals surface area contributed by atoms with Gasteiger partial charge in [-0.15, -0.1) is 0 Å². The lowest BCUT2D eigenvalue weighted by Crippen LogP contribution is -2.00. The van der Waals surface area contributed by atoms with Crippen LogP contribution in [-0.2, 0) is 0 Å². The van der Waals surface area contributed by atoms with Crippen LogP contribution < -0.4 is 14.2 Å². The van der Waals surface area contributed by atoms with Crippen LogP contribution in [0.1, 0.15) is 24.5 Å². The van der Waals surface area contributed by atoms with E-state index in [1.807, 2.05) is 12.1 Å². The number of fused-ring (bicyclic) bond motifs is 1. The summed E-state index contributed by atoms with van der Waals surface area (Å²) in [5, 5.41) is 10.1. The van der Waals surface area contributed by atoms with E-state index < -0.39 is 6.10 Å². The van der Waals surface area contributed by atoms with Crippen molar-refractivity contribution < 1.29 is 19.3 Å². The van der Waals surface area contributed by atoms with Gasteiger partial charge in [0.2, 0.25) is 12.5 Å². The van der Waals surface area contributed by atoms with Gasteiger partial charge < -0.3 is 19.3 Å². The van der Waals surface area contributed by atoms with Crippen molar-refractivity contribution in [2.24, 2.45) is 5.92 Å². The molecule has 0 saturated heterocycles. The van der Waals surface area contributed by atoms with Crippen LogP contribution in [0.3, 0.4) is 0 Å². The molecule has 1 aliphatic carbocycles. The van der Waals surface area contributed by atoms with E-state index in [9.17, 15) is 5.11 Å². The van der Waals surface area contributed by atoms with Crippen molar-refractivity contribution in [1.82, 2.24) is 0 Å². The van der Waals surface area contributed by atoms with Gasteiger partial charge in [0.1, 0.15) is 0 Å². The highest BCUT2D eigenvalue weighted by molar-refractivity contribution is 5.55. The fourth-order valence-corrected chi connectivity index (χ4v) is 2.00. The van der Waals surface area contributed by atoms with Crippen LogP contribution in [-0.4, -0.2) is 19.0 Å². The number of aliphatic hydroxyl groups excluding tert-OH is 1. The van der Waals surface area contributed by atoms with Gasteiger partial charge in [-0.25, -0.2) is 0 Å². The third kappa shape index (κ3) is 1.50. The van der Waals surface area contributed by atoms with Gasteiger partial charge in [-0.05, 0) is 36.5 Å². The van der Waals surface area contributed by atoms with Gasteiger partial charge in [0.15, 0.2) is 11.5 Å². The minimum atomic E-state index is -0.414. The number of hydrogen-bond acceptors (Lipinski definition) is 4. The Morgan fingerprint density at radius 3 is 2.88 bits per heavy atom. The molecule has 4 heteroatoms. The zero-order valence-corrected chi connectivity index (χ0v) is 9.10. The van der Waals surface area contributed by atoms with E-state index in [1.165, 1.54) is 0 Å². The maximum Gasteiger partial charge on any atom is 0.231 e. The summed E-state index contributed by atoms with van der Waals surface area (Å²) in [7, 11) is 1.59. The first-order chi connectivity index (χ1) is 7.79. The highest BCUT2D eigenvalue weighted by Gasteiger charge is 2.32. The largest absolute Gasteiger partial charge is 0.493 e. The molecule has 1 aromatic rings. The van der Waals surface area contributed by atoms with Gasteiger partial charge >= 0.3 is 0 Å². The third-order valence-corrected chi connectivity index (χ3v) is 3.09. The van der Waals surface area contributed by atoms with Crippen molar-refractivity contribution in [2.45, 2.75) is 18.9 Å². The van der Waals surface area contributed by atoms with E-state index >= 15 is 0 Å². The van der Waals surface area contributed by atoms with Crippen molar-refractivity contribution in [1.29, 1.82) is 0 Å². The first kappa shape index (κ1) is 9.78. The van der Waals surface area contributed by atoms with Crippen molar-refractivity contribution in [3.8, 4) is 17.2 Å². The maximum absolute atomic E-state index is 10.1. The van der Waals surface area contributed by atoms with Gasteiger partial charge in [-0.1, -0.05) is 0 Å². The molecule has 4 nitrogen and oxygen atoms in total. The molecular formula is C12H14O4. The average Bonchev–Trinajstić information content (AvgIpc) is 3.05. The summed E-state index contributed by atoms with van der Waals surface area (Å²) < 4.78 is 15.9. The molecule has 16 heavy (non-hydrogen) atoms. The van der Waals surface area contributed by atoms with Crippen molar-refractivity contribution in [3.05, 3.63) is 17.7 Å². The lowest BCUT2D eigenvalue weighted by atomic mass is 10.0. The van der Waals surface area contributed by atoms with Crippen molar-refractivity contribution >= 4 is 0 Å². The standard InChI is InChI=1S/C12H14O4/c1-14-9-4-8(11(13)7-2-3-7)5-10-12(9)16-6-15-10/h4-5,7,11,13H,2-3,6H2,1H3. The summed E-state index contributed by atoms with van der Waals surface area (Å²) in [4.78, 5) is 0. The Morgan fingerprint density at radius 2 is 2.19 bits per heavy atom. The summed E-state index contributed by atoms with van der Waals surface area (Å²) in [6.07, 6.45) is 1.78. The monoisotopic (exact) mass is 222 g/mol. The van der Waals surface area contributed by atoms with Gasteiger partial charge in [-0.3, -0.25) is 0 Å². The first-order valence-corrected chi connectivity index (χ1v) is 5.45. The molecule has 86 valence electrons. The highest BCUT2D eigenvalue weighted by atomic mass is 16.7. The lowest BCUT2D eigenvalue weighted by Gasteiger charge is -2.12. The van der Waals surface area contributed by atoms with E-state index in [0.29, 0.717) is 23.2 Å². The average molecular weight is 222 g/mol. The smallest absolute Gasteiger partial charge is 0.231 e. The first-order valence-electron chi connectivity index (χ1n) is 5.45. The second-order valence-corrected chi connectivity index (χ2v) is 4.24. The Kier molecular flexibility index (Phi) is 2.17. The number of rotatable bonds is 3. The molecule has 1 N–H and O–H groups in total. The second kappa shape index (κ2) is 3.56. The van der Waals surface area contributed by atoms with Crippen LogP contribution in [0.5, 0.6) is 17.2 Å². The van der Waals surface area contributed by atoms with Crippen LogP contribution in [0.15, 0.2) is 12.1 Å².